The van der Waals surface area contributed by atoms with Crippen molar-refractivity contribution in [1.29, 1.82) is 0 Å². The molecule has 1 unspecified atom stereocenters. The highest BCUT2D eigenvalue weighted by atomic mass is 35.5. The largest absolute Gasteiger partial charge is 0.465 e. The fourth-order valence-corrected chi connectivity index (χ4v) is 4.88. The van der Waals surface area contributed by atoms with Crippen molar-refractivity contribution >= 4 is 55.9 Å². The molecule has 11 heteroatoms. The van der Waals surface area contributed by atoms with Gasteiger partial charge >= 0.3 is 5.97 Å². The predicted molar refractivity (Wildman–Crippen MR) is 126 cm³/mol. The molecule has 1 N–H and O–H groups in total. The molecule has 33 heavy (non-hydrogen) atoms. The van der Waals surface area contributed by atoms with Gasteiger partial charge in [-0.25, -0.2) is 13.4 Å². The molecule has 2 heterocycles. The molecule has 0 spiro atoms. The van der Waals surface area contributed by atoms with E-state index in [2.05, 4.69) is 10.3 Å². The maximum atomic E-state index is 12.9. The molecular formula is C22H23Cl2N3O5S. The summed E-state index contributed by atoms with van der Waals surface area (Å²) in [5, 5.41) is 4.13. The van der Waals surface area contributed by atoms with E-state index in [-0.39, 0.29) is 17.4 Å². The second-order valence-corrected chi connectivity index (χ2v) is 10.2. The zero-order valence-electron chi connectivity index (χ0n) is 18.5. The SMILES string of the molecule is CCOC(=O)CS(=O)(=O)c1ccc(C(C)NC(=O)c2cc3c(Cl)c(Cl)c(C)nc3n2C)cc1. The van der Waals surface area contributed by atoms with E-state index in [0.29, 0.717) is 38.0 Å². The number of amides is 1. The number of benzene rings is 1. The first-order valence-corrected chi connectivity index (χ1v) is 12.5. The summed E-state index contributed by atoms with van der Waals surface area (Å²) in [4.78, 5) is 28.9. The van der Waals surface area contributed by atoms with Crippen LogP contribution in [0.1, 0.15) is 41.6 Å². The summed E-state index contributed by atoms with van der Waals surface area (Å²) in [5.41, 5.74) is 2.14. The van der Waals surface area contributed by atoms with Crippen LogP contribution in [0.15, 0.2) is 35.2 Å². The Hall–Kier alpha value is -2.62. The van der Waals surface area contributed by atoms with Crippen LogP contribution in [0, 0.1) is 6.92 Å². The third kappa shape index (κ3) is 5.15. The van der Waals surface area contributed by atoms with E-state index < -0.39 is 27.6 Å². The number of carbonyl (C=O) groups is 2. The highest BCUT2D eigenvalue weighted by molar-refractivity contribution is 7.92. The van der Waals surface area contributed by atoms with Gasteiger partial charge < -0.3 is 14.6 Å². The lowest BCUT2D eigenvalue weighted by molar-refractivity contribution is -0.139. The van der Waals surface area contributed by atoms with Crippen LogP contribution >= 0.6 is 23.2 Å². The molecule has 0 saturated carbocycles. The summed E-state index contributed by atoms with van der Waals surface area (Å²) in [7, 11) is -2.11. The standard InChI is InChI=1S/C22H23Cl2N3O5S/c1-5-32-18(28)11-33(30,31)15-8-6-14(7-9-15)12(2)26-22(29)17-10-16-20(24)19(23)13(3)25-21(16)27(17)4/h6-10,12H,5,11H2,1-4H3,(H,26,29). The molecule has 0 aliphatic rings. The number of pyridine rings is 1. The van der Waals surface area contributed by atoms with Gasteiger partial charge in [-0.3, -0.25) is 9.59 Å². The van der Waals surface area contributed by atoms with Crippen LogP contribution in [0.3, 0.4) is 0 Å². The van der Waals surface area contributed by atoms with Crippen molar-refractivity contribution in [3.63, 3.8) is 0 Å². The van der Waals surface area contributed by atoms with Crippen LogP contribution in [0.4, 0.5) is 0 Å². The minimum absolute atomic E-state index is 0.000483. The summed E-state index contributed by atoms with van der Waals surface area (Å²) < 4.78 is 31.1. The van der Waals surface area contributed by atoms with Gasteiger partial charge in [0.05, 0.1) is 33.3 Å². The molecule has 0 bridgehead atoms. The van der Waals surface area contributed by atoms with Crippen molar-refractivity contribution < 1.29 is 22.7 Å². The lowest BCUT2D eigenvalue weighted by Crippen LogP contribution is -2.28. The van der Waals surface area contributed by atoms with E-state index in [1.165, 1.54) is 12.1 Å². The highest BCUT2D eigenvalue weighted by Crippen LogP contribution is 2.33. The number of rotatable bonds is 7. The molecular weight excluding hydrogens is 489 g/mol. The Kier molecular flexibility index (Phi) is 7.36. The second-order valence-electron chi connectivity index (χ2n) is 7.48. The van der Waals surface area contributed by atoms with Crippen molar-refractivity contribution in [1.82, 2.24) is 14.9 Å². The van der Waals surface area contributed by atoms with Crippen LogP contribution in [0.5, 0.6) is 0 Å². The normalized spacial score (nSPS) is 12.5. The maximum absolute atomic E-state index is 12.9. The Labute approximate surface area is 201 Å². The minimum Gasteiger partial charge on any atom is -0.465 e. The zero-order valence-corrected chi connectivity index (χ0v) is 20.8. The van der Waals surface area contributed by atoms with Crippen molar-refractivity contribution in [3.8, 4) is 0 Å². The molecule has 0 fully saturated rings. The topological polar surface area (TPSA) is 107 Å². The summed E-state index contributed by atoms with van der Waals surface area (Å²) in [6.07, 6.45) is 0. The van der Waals surface area contributed by atoms with Gasteiger partial charge in [-0.05, 0) is 44.5 Å². The number of nitrogens with one attached hydrogen (secondary N) is 1. The quantitative estimate of drug-likeness (QED) is 0.480. The van der Waals surface area contributed by atoms with Gasteiger partial charge in [-0.2, -0.15) is 0 Å². The Morgan fingerprint density at radius 2 is 1.82 bits per heavy atom. The maximum Gasteiger partial charge on any atom is 0.321 e. The van der Waals surface area contributed by atoms with Crippen LogP contribution in [0.2, 0.25) is 10.0 Å². The lowest BCUT2D eigenvalue weighted by Gasteiger charge is -2.15. The number of ether oxygens (including phenoxy) is 1. The Morgan fingerprint density at radius 1 is 1.18 bits per heavy atom. The van der Waals surface area contributed by atoms with Crippen molar-refractivity contribution in [2.45, 2.75) is 31.7 Å². The Balaban J connectivity index is 1.78. The minimum atomic E-state index is -3.82. The van der Waals surface area contributed by atoms with Gasteiger partial charge in [-0.1, -0.05) is 35.3 Å². The van der Waals surface area contributed by atoms with Crippen LogP contribution < -0.4 is 5.32 Å². The number of aromatic nitrogens is 2. The number of hydrogen-bond acceptors (Lipinski definition) is 6. The number of aryl methyl sites for hydroxylation is 2. The van der Waals surface area contributed by atoms with Gasteiger partial charge in [0.15, 0.2) is 15.6 Å². The molecule has 2 aromatic heterocycles. The van der Waals surface area contributed by atoms with E-state index in [4.69, 9.17) is 27.9 Å². The van der Waals surface area contributed by atoms with Crippen LogP contribution in [0.25, 0.3) is 11.0 Å². The molecule has 8 nitrogen and oxygen atoms in total. The van der Waals surface area contributed by atoms with Crippen molar-refractivity contribution in [3.05, 3.63) is 57.3 Å². The highest BCUT2D eigenvalue weighted by Gasteiger charge is 2.22. The molecule has 1 aromatic carbocycles. The summed E-state index contributed by atoms with van der Waals surface area (Å²) in [6, 6.07) is 7.18. The van der Waals surface area contributed by atoms with Crippen molar-refractivity contribution in [2.75, 3.05) is 12.4 Å². The second kappa shape index (κ2) is 9.70. The van der Waals surface area contributed by atoms with E-state index in [1.54, 1.807) is 50.6 Å². The predicted octanol–water partition coefficient (Wildman–Crippen LogP) is 4.02. The first-order valence-electron chi connectivity index (χ1n) is 10.1. The molecule has 3 aromatic rings. The number of nitrogens with zero attached hydrogens (tertiary/aromatic N) is 2. The molecule has 3 rings (SSSR count). The summed E-state index contributed by atoms with van der Waals surface area (Å²) in [6.45, 7) is 5.22. The smallest absolute Gasteiger partial charge is 0.321 e. The first kappa shape index (κ1) is 25.0. The zero-order chi connectivity index (χ0) is 24.5. The number of esters is 1. The van der Waals surface area contributed by atoms with E-state index in [0.717, 1.165) is 0 Å². The van der Waals surface area contributed by atoms with E-state index in [9.17, 15) is 18.0 Å². The van der Waals surface area contributed by atoms with Crippen molar-refractivity contribution in [2.24, 2.45) is 7.05 Å². The number of fused-ring (bicyclic) bond motifs is 1. The Morgan fingerprint density at radius 3 is 2.42 bits per heavy atom. The molecule has 0 radical (unpaired) electrons. The van der Waals surface area contributed by atoms with E-state index >= 15 is 0 Å². The molecule has 0 aliphatic carbocycles. The average molecular weight is 512 g/mol. The number of carbonyl (C=O) groups excluding carboxylic acids is 2. The molecule has 0 saturated heterocycles. The van der Waals surface area contributed by atoms with Gasteiger partial charge in [0, 0.05) is 12.4 Å². The fraction of sp³-hybridized carbons (Fsp3) is 0.318. The Bertz CT molecular complexity index is 1330. The van der Waals surface area contributed by atoms with Gasteiger partial charge in [0.2, 0.25) is 0 Å². The van der Waals surface area contributed by atoms with E-state index in [1.807, 2.05) is 0 Å². The monoisotopic (exact) mass is 511 g/mol. The first-order chi connectivity index (χ1) is 15.5. The summed E-state index contributed by atoms with van der Waals surface area (Å²) >= 11 is 12.5. The fourth-order valence-electron chi connectivity index (χ4n) is 3.35. The average Bonchev–Trinajstić information content (AvgIpc) is 3.08. The summed E-state index contributed by atoms with van der Waals surface area (Å²) in [5.74, 6) is -1.89. The van der Waals surface area contributed by atoms with Gasteiger partial charge in [0.1, 0.15) is 11.3 Å². The molecule has 0 aliphatic heterocycles. The molecule has 176 valence electrons. The third-order valence-electron chi connectivity index (χ3n) is 5.15. The van der Waals surface area contributed by atoms with Gasteiger partial charge in [-0.15, -0.1) is 0 Å². The van der Waals surface area contributed by atoms with Crippen LogP contribution in [-0.2, 0) is 26.4 Å². The number of halogens is 2. The molecule has 1 atom stereocenters. The van der Waals surface area contributed by atoms with Gasteiger partial charge in [0.25, 0.3) is 5.91 Å². The molecule has 1 amide bonds. The van der Waals surface area contributed by atoms with Crippen LogP contribution in [-0.4, -0.2) is 42.2 Å². The third-order valence-corrected chi connectivity index (χ3v) is 7.71. The lowest BCUT2D eigenvalue weighted by atomic mass is 10.1. The number of sulfone groups is 1. The number of hydrogen-bond donors (Lipinski definition) is 1.